The number of nitrogens with zero attached hydrogens (tertiary/aromatic N) is 3. The van der Waals surface area contributed by atoms with Crippen molar-refractivity contribution in [2.75, 3.05) is 29.0 Å². The molecule has 290 valence electrons. The van der Waals surface area contributed by atoms with Crippen LogP contribution in [0.5, 0.6) is 0 Å². The molecule has 1 aromatic carbocycles. The molecule has 2 aliphatic heterocycles. The van der Waals surface area contributed by atoms with Crippen LogP contribution in [0.25, 0.3) is 0 Å². The number of benzene rings is 1. The number of carboxylic acid groups (broad SMARTS) is 3. The van der Waals surface area contributed by atoms with Crippen LogP contribution in [0, 0.1) is 5.92 Å². The monoisotopic (exact) mass is 791 g/mol. The van der Waals surface area contributed by atoms with Crippen LogP contribution in [0.4, 0.5) is 68.3 Å². The lowest BCUT2D eigenvalue weighted by molar-refractivity contribution is -0.193. The van der Waals surface area contributed by atoms with Crippen molar-refractivity contribution in [3.63, 3.8) is 0 Å². The fourth-order valence-corrected chi connectivity index (χ4v) is 4.24. The summed E-state index contributed by atoms with van der Waals surface area (Å²) < 4.78 is 95.2. The standard InChI is InChI=1S/C23H24ClN7O.3C2HF3O2/c24-19-13-27-23-29-18-7-14(11-26-12-18)1-2-16-9-17(28-22(19)31-23)3-4-20(16)30-21(32)8-15-5-6-25-10-15;3*3-2(4,5)1(6)7/h3-4,7,9,11-13,15,25H,1-2,5-6,8,10H2,(H,30,32)(H2,27,28,29,31);3*(H,6,7). The van der Waals surface area contributed by atoms with Crippen molar-refractivity contribution in [2.24, 2.45) is 5.92 Å². The number of nitrogens with one attached hydrogen (secondary N) is 4. The second-order valence-electron chi connectivity index (χ2n) is 10.6. The molecule has 0 saturated carbocycles. The molecule has 0 spiro atoms. The van der Waals surface area contributed by atoms with E-state index >= 15 is 0 Å². The first kappa shape index (κ1) is 43.7. The summed E-state index contributed by atoms with van der Waals surface area (Å²) in [5.41, 5.74) is 4.60. The molecule has 1 unspecified atom stereocenters. The Bertz CT molecular complexity index is 1700. The second kappa shape index (κ2) is 18.9. The molecule has 53 heavy (non-hydrogen) atoms. The Balaban J connectivity index is 0.000000379. The van der Waals surface area contributed by atoms with Gasteiger partial charge < -0.3 is 36.6 Å². The van der Waals surface area contributed by atoms with E-state index in [0.717, 1.165) is 60.5 Å². The Kier molecular flexibility index (Phi) is 15.6. The number of rotatable bonds is 3. The Morgan fingerprint density at radius 3 is 1.92 bits per heavy atom. The summed E-state index contributed by atoms with van der Waals surface area (Å²) in [5, 5.41) is 34.7. The number of amides is 1. The predicted octanol–water partition coefficient (Wildman–Crippen LogP) is 5.95. The normalized spacial score (nSPS) is 14.9. The smallest absolute Gasteiger partial charge is 0.475 e. The number of pyridine rings is 1. The Labute approximate surface area is 296 Å². The van der Waals surface area contributed by atoms with E-state index in [1.54, 1.807) is 12.4 Å². The van der Waals surface area contributed by atoms with Crippen molar-refractivity contribution in [1.82, 2.24) is 20.3 Å². The number of hydrogen-bond acceptors (Lipinski definition) is 10. The van der Waals surface area contributed by atoms with Gasteiger partial charge in [-0.3, -0.25) is 9.78 Å². The van der Waals surface area contributed by atoms with Crippen LogP contribution in [-0.4, -0.2) is 85.7 Å². The summed E-state index contributed by atoms with van der Waals surface area (Å²) in [4.78, 5) is 52.4. The van der Waals surface area contributed by atoms with Gasteiger partial charge in [0.05, 0.1) is 18.1 Å². The third-order valence-corrected chi connectivity index (χ3v) is 6.76. The SMILES string of the molecule is O=C(CC1CCNC1)Nc1ccc2cc1CCc1cncc(c1)Nc1ncc(Cl)c(n1)N2.O=C(O)C(F)(F)F.O=C(O)C(F)(F)F.O=C(O)C(F)(F)F. The summed E-state index contributed by atoms with van der Waals surface area (Å²) in [6.45, 7) is 1.89. The first-order valence-electron chi connectivity index (χ1n) is 14.5. The molecule has 0 aliphatic carbocycles. The predicted molar refractivity (Wildman–Crippen MR) is 167 cm³/mol. The van der Waals surface area contributed by atoms with Gasteiger partial charge in [0, 0.05) is 24.0 Å². The van der Waals surface area contributed by atoms with E-state index in [9.17, 15) is 44.3 Å². The Hall–Kier alpha value is -5.45. The molecule has 1 fully saturated rings. The maximum Gasteiger partial charge on any atom is 0.490 e. The van der Waals surface area contributed by atoms with Gasteiger partial charge in [-0.05, 0) is 73.7 Å². The number of carbonyl (C=O) groups is 4. The number of aliphatic carboxylic acids is 3. The molecule has 6 bridgehead atoms. The number of carboxylic acids is 3. The van der Waals surface area contributed by atoms with Gasteiger partial charge in [-0.15, -0.1) is 0 Å². The third kappa shape index (κ3) is 15.8. The van der Waals surface area contributed by atoms with E-state index in [1.807, 2.05) is 30.5 Å². The minimum absolute atomic E-state index is 0.0509. The number of alkyl halides is 9. The van der Waals surface area contributed by atoms with Gasteiger partial charge in [0.15, 0.2) is 5.82 Å². The Morgan fingerprint density at radius 2 is 1.40 bits per heavy atom. The molecule has 7 N–H and O–H groups in total. The lowest BCUT2D eigenvalue weighted by Crippen LogP contribution is -2.21. The van der Waals surface area contributed by atoms with Crippen LogP contribution in [-0.2, 0) is 32.0 Å². The summed E-state index contributed by atoms with van der Waals surface area (Å²) in [7, 11) is 0. The molecule has 5 rings (SSSR count). The zero-order valence-corrected chi connectivity index (χ0v) is 27.2. The van der Waals surface area contributed by atoms with Crippen molar-refractivity contribution in [3.05, 3.63) is 59.0 Å². The maximum atomic E-state index is 12.7. The summed E-state index contributed by atoms with van der Waals surface area (Å²) in [5.74, 6) is -6.89. The lowest BCUT2D eigenvalue weighted by atomic mass is 10.0. The number of halogens is 10. The van der Waals surface area contributed by atoms with Crippen LogP contribution in [0.1, 0.15) is 24.0 Å². The second-order valence-corrected chi connectivity index (χ2v) is 11.0. The quantitative estimate of drug-likeness (QED) is 0.153. The largest absolute Gasteiger partial charge is 0.490 e. The molecular weight excluding hydrogens is 765 g/mol. The van der Waals surface area contributed by atoms with E-state index < -0.39 is 36.4 Å². The zero-order valence-electron chi connectivity index (χ0n) is 26.5. The molecule has 0 radical (unpaired) electrons. The molecular formula is C29H27ClF9N7O7. The zero-order chi connectivity index (χ0) is 40.1. The highest BCUT2D eigenvalue weighted by atomic mass is 35.5. The number of aromatic nitrogens is 3. The lowest BCUT2D eigenvalue weighted by Gasteiger charge is -2.15. The number of anilines is 5. The van der Waals surface area contributed by atoms with Crippen molar-refractivity contribution in [1.29, 1.82) is 0 Å². The Morgan fingerprint density at radius 1 is 0.811 bits per heavy atom. The molecule has 3 aromatic rings. The third-order valence-electron chi connectivity index (χ3n) is 6.48. The first-order chi connectivity index (χ1) is 24.4. The first-order valence-corrected chi connectivity index (χ1v) is 14.9. The van der Waals surface area contributed by atoms with Crippen molar-refractivity contribution in [2.45, 2.75) is 44.2 Å². The van der Waals surface area contributed by atoms with Crippen LogP contribution in [0.3, 0.4) is 0 Å². The summed E-state index contributed by atoms with van der Waals surface area (Å²) in [6.07, 6.45) is -7.00. The molecule has 2 aromatic heterocycles. The van der Waals surface area contributed by atoms with Gasteiger partial charge in [-0.25, -0.2) is 19.4 Å². The number of carbonyl (C=O) groups excluding carboxylic acids is 1. The van der Waals surface area contributed by atoms with Crippen LogP contribution in [0.2, 0.25) is 5.02 Å². The van der Waals surface area contributed by atoms with Gasteiger partial charge in [0.1, 0.15) is 5.02 Å². The number of fused-ring (bicyclic) bond motifs is 6. The fourth-order valence-electron chi connectivity index (χ4n) is 4.10. The maximum absolute atomic E-state index is 12.7. The van der Waals surface area contributed by atoms with Gasteiger partial charge >= 0.3 is 36.4 Å². The average molecular weight is 792 g/mol. The highest BCUT2D eigenvalue weighted by Crippen LogP contribution is 2.29. The average Bonchev–Trinajstić information content (AvgIpc) is 3.55. The molecule has 1 atom stereocenters. The summed E-state index contributed by atoms with van der Waals surface area (Å²) >= 11 is 6.32. The van der Waals surface area contributed by atoms with E-state index in [0.29, 0.717) is 29.1 Å². The molecule has 1 amide bonds. The van der Waals surface area contributed by atoms with E-state index in [1.165, 1.54) is 0 Å². The topological polar surface area (TPSA) is 216 Å². The van der Waals surface area contributed by atoms with Gasteiger partial charge in [0.25, 0.3) is 0 Å². The molecule has 1 saturated heterocycles. The highest BCUT2D eigenvalue weighted by molar-refractivity contribution is 6.32. The minimum Gasteiger partial charge on any atom is -0.475 e. The number of hydrogen-bond donors (Lipinski definition) is 7. The van der Waals surface area contributed by atoms with Crippen molar-refractivity contribution in [3.8, 4) is 0 Å². The van der Waals surface area contributed by atoms with Crippen molar-refractivity contribution < 1.29 is 74.0 Å². The summed E-state index contributed by atoms with van der Waals surface area (Å²) in [6, 6.07) is 7.92. The van der Waals surface area contributed by atoms with Crippen molar-refractivity contribution >= 4 is 64.2 Å². The molecule has 2 aliphatic rings. The number of aryl methyl sites for hydroxylation is 2. The van der Waals surface area contributed by atoms with Gasteiger partial charge in [0.2, 0.25) is 11.9 Å². The van der Waals surface area contributed by atoms with E-state index in [4.69, 9.17) is 41.3 Å². The molecule has 4 heterocycles. The minimum atomic E-state index is -5.08. The van der Waals surface area contributed by atoms with Gasteiger partial charge in [-0.1, -0.05) is 11.6 Å². The molecule has 14 nitrogen and oxygen atoms in total. The van der Waals surface area contributed by atoms with Crippen LogP contribution >= 0.6 is 11.6 Å². The van der Waals surface area contributed by atoms with Crippen LogP contribution < -0.4 is 21.3 Å². The van der Waals surface area contributed by atoms with E-state index in [2.05, 4.69) is 36.2 Å². The van der Waals surface area contributed by atoms with E-state index in [-0.39, 0.29) is 5.91 Å². The highest BCUT2D eigenvalue weighted by Gasteiger charge is 2.39. The van der Waals surface area contributed by atoms with Gasteiger partial charge in [-0.2, -0.15) is 44.5 Å². The molecule has 24 heteroatoms. The fraction of sp³-hybridized carbons (Fsp3) is 0.345. The van der Waals surface area contributed by atoms with Crippen LogP contribution in [0.15, 0.2) is 42.9 Å².